The van der Waals surface area contributed by atoms with E-state index in [1.807, 2.05) is 0 Å². The van der Waals surface area contributed by atoms with E-state index >= 15 is 0 Å². The van der Waals surface area contributed by atoms with Gasteiger partial charge in [0.05, 0.1) is 4.90 Å². The van der Waals surface area contributed by atoms with E-state index < -0.39 is 20.2 Å². The van der Waals surface area contributed by atoms with Crippen molar-refractivity contribution in [1.82, 2.24) is 0 Å². The van der Waals surface area contributed by atoms with Crippen LogP contribution < -0.4 is 59.1 Å². The van der Waals surface area contributed by atoms with Crippen LogP contribution in [0.15, 0.2) is 46.2 Å². The Morgan fingerprint density at radius 3 is 1.90 bits per heavy atom. The minimum Gasteiger partial charge on any atom is -0.282 e. The van der Waals surface area contributed by atoms with Crippen LogP contribution >= 0.6 is 0 Å². The quantitative estimate of drug-likeness (QED) is 0.422. The largest absolute Gasteiger partial charge is 1.00 e. The van der Waals surface area contributed by atoms with Gasteiger partial charge in [0.2, 0.25) is 0 Å². The third-order valence-electron chi connectivity index (χ3n) is 2.39. The average Bonchev–Trinajstić information content (AvgIpc) is 2.25. The van der Waals surface area contributed by atoms with Gasteiger partial charge >= 0.3 is 59.1 Å². The fraction of sp³-hybridized carbons (Fsp3) is 0. The first-order valence-electron chi connectivity index (χ1n) is 4.67. The van der Waals surface area contributed by atoms with Gasteiger partial charge in [-0.2, -0.15) is 16.8 Å². The van der Waals surface area contributed by atoms with Gasteiger partial charge in [-0.25, -0.2) is 0 Å². The van der Waals surface area contributed by atoms with Crippen molar-refractivity contribution in [3.8, 4) is 0 Å². The maximum Gasteiger partial charge on any atom is 1.00 e. The molecule has 0 atom stereocenters. The van der Waals surface area contributed by atoms with E-state index in [-0.39, 0.29) is 79.7 Å². The Labute approximate surface area is 160 Å². The molecule has 96 valence electrons. The Morgan fingerprint density at radius 1 is 0.800 bits per heavy atom. The molecule has 0 fully saturated rings. The molecule has 6 nitrogen and oxygen atoms in total. The summed E-state index contributed by atoms with van der Waals surface area (Å²) in [6.45, 7) is 0. The molecular weight excluding hydrogens is 326 g/mol. The molecular formula is C10H8Na2O6S2+2. The third-order valence-corrected chi connectivity index (χ3v) is 4.15. The molecule has 0 radical (unpaired) electrons. The normalized spacial score (nSPS) is 11.5. The van der Waals surface area contributed by atoms with Crippen molar-refractivity contribution in [1.29, 1.82) is 0 Å². The Balaban J connectivity index is 0.00000180. The summed E-state index contributed by atoms with van der Waals surface area (Å²) in [6.07, 6.45) is 0. The molecule has 0 saturated carbocycles. The molecule has 20 heavy (non-hydrogen) atoms. The van der Waals surface area contributed by atoms with E-state index in [1.165, 1.54) is 24.3 Å². The van der Waals surface area contributed by atoms with E-state index in [0.29, 0.717) is 0 Å². The van der Waals surface area contributed by atoms with Gasteiger partial charge in [0.25, 0.3) is 20.2 Å². The van der Waals surface area contributed by atoms with Crippen molar-refractivity contribution < 1.29 is 85.1 Å². The van der Waals surface area contributed by atoms with Crippen LogP contribution in [0, 0.1) is 0 Å². The smallest absolute Gasteiger partial charge is 0.282 e. The average molecular weight is 334 g/mol. The Bertz CT molecular complexity index is 830. The van der Waals surface area contributed by atoms with Crippen LogP contribution in [0.2, 0.25) is 0 Å². The summed E-state index contributed by atoms with van der Waals surface area (Å²) < 4.78 is 62.0. The second-order valence-electron chi connectivity index (χ2n) is 3.59. The van der Waals surface area contributed by atoms with Crippen LogP contribution in [0.1, 0.15) is 0 Å². The van der Waals surface area contributed by atoms with Crippen molar-refractivity contribution in [2.24, 2.45) is 0 Å². The van der Waals surface area contributed by atoms with Crippen LogP contribution in [0.25, 0.3) is 10.8 Å². The second-order valence-corrected chi connectivity index (χ2v) is 6.40. The summed E-state index contributed by atoms with van der Waals surface area (Å²) in [5, 5.41) is 0.452. The molecule has 0 saturated heterocycles. The van der Waals surface area contributed by atoms with Crippen LogP contribution in [0.5, 0.6) is 0 Å². The van der Waals surface area contributed by atoms with Gasteiger partial charge in [0.1, 0.15) is 4.90 Å². The van der Waals surface area contributed by atoms with Crippen LogP contribution in [-0.4, -0.2) is 25.9 Å². The Morgan fingerprint density at radius 2 is 1.40 bits per heavy atom. The van der Waals surface area contributed by atoms with E-state index in [2.05, 4.69) is 0 Å². The van der Waals surface area contributed by atoms with Gasteiger partial charge < -0.3 is 0 Å². The fourth-order valence-corrected chi connectivity index (χ4v) is 2.85. The second kappa shape index (κ2) is 7.19. The molecule has 2 rings (SSSR count). The zero-order valence-corrected chi connectivity index (χ0v) is 16.4. The zero-order chi connectivity index (χ0) is 13.6. The van der Waals surface area contributed by atoms with Crippen LogP contribution in [0.3, 0.4) is 0 Å². The van der Waals surface area contributed by atoms with Crippen molar-refractivity contribution in [3.63, 3.8) is 0 Å². The van der Waals surface area contributed by atoms with E-state index in [4.69, 9.17) is 9.11 Å². The van der Waals surface area contributed by atoms with Crippen molar-refractivity contribution in [3.05, 3.63) is 36.4 Å². The molecule has 0 unspecified atom stereocenters. The molecule has 0 aliphatic carbocycles. The first-order valence-corrected chi connectivity index (χ1v) is 7.55. The third kappa shape index (κ3) is 4.51. The molecule has 0 bridgehead atoms. The minimum absolute atomic E-state index is 0. The van der Waals surface area contributed by atoms with E-state index in [9.17, 15) is 16.8 Å². The van der Waals surface area contributed by atoms with E-state index in [1.54, 1.807) is 0 Å². The molecule has 0 aromatic heterocycles. The zero-order valence-electron chi connectivity index (χ0n) is 10.8. The SMILES string of the molecule is O=S(=O)(O)c1ccc2c(S(=O)(=O)O)cccc2c1.[Na+].[Na+]. The van der Waals surface area contributed by atoms with Gasteiger partial charge in [-0.1, -0.05) is 18.2 Å². The van der Waals surface area contributed by atoms with Crippen LogP contribution in [-0.2, 0) is 20.2 Å². The number of hydrogen-bond acceptors (Lipinski definition) is 4. The molecule has 0 amide bonds. The maximum atomic E-state index is 11.1. The molecule has 0 aliphatic heterocycles. The van der Waals surface area contributed by atoms with Gasteiger partial charge in [0.15, 0.2) is 0 Å². The first-order chi connectivity index (χ1) is 8.19. The summed E-state index contributed by atoms with van der Waals surface area (Å²) in [7, 11) is -8.74. The fourth-order valence-electron chi connectivity index (χ4n) is 1.62. The van der Waals surface area contributed by atoms with Gasteiger partial charge in [-0.3, -0.25) is 9.11 Å². The molecule has 0 spiro atoms. The summed E-state index contributed by atoms with van der Waals surface area (Å²) >= 11 is 0. The van der Waals surface area contributed by atoms with Gasteiger partial charge in [-0.15, -0.1) is 0 Å². The minimum atomic E-state index is -4.39. The van der Waals surface area contributed by atoms with E-state index in [0.717, 1.165) is 12.1 Å². The maximum absolute atomic E-state index is 11.1. The number of hydrogen-bond donors (Lipinski definition) is 2. The monoisotopic (exact) mass is 334 g/mol. The summed E-state index contributed by atoms with van der Waals surface area (Å²) in [6, 6.07) is 7.43. The summed E-state index contributed by atoms with van der Waals surface area (Å²) in [5.41, 5.74) is 0. The summed E-state index contributed by atoms with van der Waals surface area (Å²) in [5.74, 6) is 0. The topological polar surface area (TPSA) is 109 Å². The van der Waals surface area contributed by atoms with Crippen molar-refractivity contribution in [2.75, 3.05) is 0 Å². The van der Waals surface area contributed by atoms with Gasteiger partial charge in [0, 0.05) is 5.39 Å². The molecule has 10 heteroatoms. The van der Waals surface area contributed by atoms with Gasteiger partial charge in [-0.05, 0) is 23.6 Å². The molecule has 0 heterocycles. The van der Waals surface area contributed by atoms with Crippen LogP contribution in [0.4, 0.5) is 0 Å². The standard InChI is InChI=1S/C10H8O6S2.2Na/c11-17(12,13)8-4-5-9-7(6-8)2-1-3-10(9)18(14,15)16;;/h1-6H,(H,11,12,13)(H,14,15,16);;/q;2*+1. The van der Waals surface area contributed by atoms with Crippen molar-refractivity contribution in [2.45, 2.75) is 9.79 Å². The number of rotatable bonds is 2. The predicted octanol–water partition coefficient (Wildman–Crippen LogP) is -4.66. The first kappa shape index (κ1) is 20.5. The van der Waals surface area contributed by atoms with Crippen molar-refractivity contribution >= 4 is 31.0 Å². The Hall–Kier alpha value is 0.520. The Kier molecular flexibility index (Phi) is 7.37. The number of fused-ring (bicyclic) bond motifs is 1. The molecule has 0 aliphatic rings. The molecule has 2 aromatic rings. The molecule has 2 N–H and O–H groups in total. The number of benzene rings is 2. The summed E-state index contributed by atoms with van der Waals surface area (Å²) in [4.78, 5) is -0.663. The predicted molar refractivity (Wildman–Crippen MR) is 63.6 cm³/mol. The molecule has 2 aromatic carbocycles.